The van der Waals surface area contributed by atoms with Crippen LogP contribution in [0.4, 0.5) is 0 Å². The summed E-state index contributed by atoms with van der Waals surface area (Å²) in [6, 6.07) is 13.7. The molecular weight excluding hydrogens is 394 g/mol. The predicted molar refractivity (Wildman–Crippen MR) is 108 cm³/mol. The van der Waals surface area contributed by atoms with Gasteiger partial charge < -0.3 is 14.8 Å². The average Bonchev–Trinajstić information content (AvgIpc) is 2.64. The van der Waals surface area contributed by atoms with Crippen LogP contribution in [0.1, 0.15) is 25.0 Å². The van der Waals surface area contributed by atoms with Crippen molar-refractivity contribution in [3.63, 3.8) is 0 Å². The van der Waals surface area contributed by atoms with E-state index in [2.05, 4.69) is 35.1 Å². The number of hydrogen-bond acceptors (Lipinski definition) is 3. The standard InChI is InChI=1S/C21H24BrNO3/c1-15(2)13-23-20(24)10-9-17-11-18(22)21(19(12-17)25-3)26-14-16-7-5-4-6-8-16/h4-12,15H,13-14H2,1-3H3,(H,23,24)/b10-9+. The van der Waals surface area contributed by atoms with Gasteiger partial charge in [0.05, 0.1) is 11.6 Å². The molecule has 1 N–H and O–H groups in total. The topological polar surface area (TPSA) is 47.6 Å². The summed E-state index contributed by atoms with van der Waals surface area (Å²) in [5.74, 6) is 1.55. The first-order valence-corrected chi connectivity index (χ1v) is 9.29. The van der Waals surface area contributed by atoms with E-state index in [9.17, 15) is 4.79 Å². The lowest BCUT2D eigenvalue weighted by molar-refractivity contribution is -0.116. The van der Waals surface area contributed by atoms with Crippen LogP contribution in [0.15, 0.2) is 53.0 Å². The molecule has 0 bridgehead atoms. The molecule has 0 spiro atoms. The highest BCUT2D eigenvalue weighted by atomic mass is 79.9. The Hall–Kier alpha value is -2.27. The number of rotatable bonds is 8. The minimum atomic E-state index is -0.113. The molecule has 4 nitrogen and oxygen atoms in total. The minimum Gasteiger partial charge on any atom is -0.493 e. The summed E-state index contributed by atoms with van der Waals surface area (Å²) in [5, 5.41) is 2.85. The van der Waals surface area contributed by atoms with Crippen molar-refractivity contribution in [3.8, 4) is 11.5 Å². The first-order chi connectivity index (χ1) is 12.5. The Morgan fingerprint density at radius 1 is 1.23 bits per heavy atom. The van der Waals surface area contributed by atoms with Crippen molar-refractivity contribution in [1.29, 1.82) is 0 Å². The molecule has 0 aliphatic carbocycles. The largest absolute Gasteiger partial charge is 0.493 e. The second kappa shape index (κ2) is 10.0. The van der Waals surface area contributed by atoms with Crippen molar-refractivity contribution >= 4 is 27.9 Å². The normalized spacial score (nSPS) is 11.0. The van der Waals surface area contributed by atoms with Gasteiger partial charge in [0.25, 0.3) is 0 Å². The number of carbonyl (C=O) groups excluding carboxylic acids is 1. The second-order valence-electron chi connectivity index (χ2n) is 6.28. The zero-order valence-corrected chi connectivity index (χ0v) is 16.9. The third-order valence-electron chi connectivity index (χ3n) is 3.59. The Morgan fingerprint density at radius 3 is 2.62 bits per heavy atom. The van der Waals surface area contributed by atoms with Gasteiger partial charge in [0, 0.05) is 12.6 Å². The van der Waals surface area contributed by atoms with Crippen molar-refractivity contribution in [2.24, 2.45) is 5.92 Å². The lowest BCUT2D eigenvalue weighted by atomic mass is 10.1. The molecular formula is C21H24BrNO3. The van der Waals surface area contributed by atoms with Gasteiger partial charge in [0.2, 0.25) is 5.91 Å². The molecule has 26 heavy (non-hydrogen) atoms. The smallest absolute Gasteiger partial charge is 0.244 e. The average molecular weight is 418 g/mol. The highest BCUT2D eigenvalue weighted by molar-refractivity contribution is 9.10. The number of halogens is 1. The van der Waals surface area contributed by atoms with Crippen LogP contribution in [0.5, 0.6) is 11.5 Å². The monoisotopic (exact) mass is 417 g/mol. The Balaban J connectivity index is 2.09. The van der Waals surface area contributed by atoms with E-state index >= 15 is 0 Å². The van der Waals surface area contributed by atoms with Gasteiger partial charge in [-0.15, -0.1) is 0 Å². The number of hydrogen-bond donors (Lipinski definition) is 1. The molecule has 0 aliphatic rings. The molecule has 0 radical (unpaired) electrons. The maximum atomic E-state index is 11.8. The van der Waals surface area contributed by atoms with Crippen LogP contribution in [0.25, 0.3) is 6.08 Å². The van der Waals surface area contributed by atoms with E-state index in [0.717, 1.165) is 15.6 Å². The summed E-state index contributed by atoms with van der Waals surface area (Å²) in [6.45, 7) is 5.21. The van der Waals surface area contributed by atoms with E-state index in [4.69, 9.17) is 9.47 Å². The zero-order chi connectivity index (χ0) is 18.9. The third-order valence-corrected chi connectivity index (χ3v) is 4.18. The van der Waals surface area contributed by atoms with Crippen molar-refractivity contribution in [2.45, 2.75) is 20.5 Å². The highest BCUT2D eigenvalue weighted by Crippen LogP contribution is 2.37. The molecule has 2 aromatic carbocycles. The maximum absolute atomic E-state index is 11.8. The number of ether oxygens (including phenoxy) is 2. The van der Waals surface area contributed by atoms with Gasteiger partial charge in [-0.3, -0.25) is 4.79 Å². The molecule has 0 atom stereocenters. The Kier molecular flexibility index (Phi) is 7.73. The number of amides is 1. The van der Waals surface area contributed by atoms with E-state index in [1.54, 1.807) is 13.2 Å². The lowest BCUT2D eigenvalue weighted by Crippen LogP contribution is -2.25. The molecule has 5 heteroatoms. The predicted octanol–water partition coefficient (Wildman–Crippen LogP) is 4.82. The van der Waals surface area contributed by atoms with Gasteiger partial charge in [-0.2, -0.15) is 0 Å². The molecule has 0 heterocycles. The molecule has 2 aromatic rings. The zero-order valence-electron chi connectivity index (χ0n) is 15.3. The molecule has 1 amide bonds. The molecule has 0 fully saturated rings. The van der Waals surface area contributed by atoms with Crippen LogP contribution in [-0.4, -0.2) is 19.6 Å². The van der Waals surface area contributed by atoms with E-state index in [0.29, 0.717) is 30.6 Å². The molecule has 138 valence electrons. The fraction of sp³-hybridized carbons (Fsp3) is 0.286. The summed E-state index contributed by atoms with van der Waals surface area (Å²) in [5.41, 5.74) is 1.92. The van der Waals surface area contributed by atoms with Crippen molar-refractivity contribution < 1.29 is 14.3 Å². The molecule has 0 saturated heterocycles. The number of methoxy groups -OCH3 is 1. The van der Waals surface area contributed by atoms with E-state index in [1.165, 1.54) is 6.08 Å². The fourth-order valence-electron chi connectivity index (χ4n) is 2.24. The van der Waals surface area contributed by atoms with Gasteiger partial charge in [0.15, 0.2) is 11.5 Å². The third kappa shape index (κ3) is 6.23. The number of carbonyl (C=O) groups is 1. The SMILES string of the molecule is COc1cc(/C=C/C(=O)NCC(C)C)cc(Br)c1OCc1ccccc1. The van der Waals surface area contributed by atoms with Crippen LogP contribution in [0.2, 0.25) is 0 Å². The van der Waals surface area contributed by atoms with Crippen molar-refractivity contribution in [3.05, 3.63) is 64.1 Å². The highest BCUT2D eigenvalue weighted by Gasteiger charge is 2.11. The van der Waals surface area contributed by atoms with Gasteiger partial charge in [-0.1, -0.05) is 44.2 Å². The van der Waals surface area contributed by atoms with Crippen LogP contribution in [-0.2, 0) is 11.4 Å². The Bertz CT molecular complexity index is 757. The number of benzene rings is 2. The van der Waals surface area contributed by atoms with Gasteiger partial charge >= 0.3 is 0 Å². The minimum absolute atomic E-state index is 0.113. The van der Waals surface area contributed by atoms with Crippen LogP contribution >= 0.6 is 15.9 Å². The van der Waals surface area contributed by atoms with Crippen LogP contribution in [0, 0.1) is 5.92 Å². The lowest BCUT2D eigenvalue weighted by Gasteiger charge is -2.13. The van der Waals surface area contributed by atoms with Crippen LogP contribution < -0.4 is 14.8 Å². The molecule has 0 saturated carbocycles. The summed E-state index contributed by atoms with van der Waals surface area (Å²) >= 11 is 3.53. The van der Waals surface area contributed by atoms with Gasteiger partial charge in [-0.05, 0) is 51.2 Å². The quantitative estimate of drug-likeness (QED) is 0.626. The first-order valence-electron chi connectivity index (χ1n) is 8.49. The van der Waals surface area contributed by atoms with Gasteiger partial charge in [-0.25, -0.2) is 0 Å². The molecule has 0 aromatic heterocycles. The molecule has 0 unspecified atom stereocenters. The summed E-state index contributed by atoms with van der Waals surface area (Å²) in [7, 11) is 1.60. The fourth-order valence-corrected chi connectivity index (χ4v) is 2.82. The summed E-state index contributed by atoms with van der Waals surface area (Å²) in [4.78, 5) is 11.8. The van der Waals surface area contributed by atoms with Crippen LogP contribution in [0.3, 0.4) is 0 Å². The Labute approximate surface area is 163 Å². The van der Waals surface area contributed by atoms with E-state index in [1.807, 2.05) is 42.5 Å². The number of nitrogens with one attached hydrogen (secondary N) is 1. The first kappa shape index (κ1) is 20.0. The molecule has 0 aliphatic heterocycles. The van der Waals surface area contributed by atoms with E-state index < -0.39 is 0 Å². The van der Waals surface area contributed by atoms with E-state index in [-0.39, 0.29) is 5.91 Å². The molecule has 2 rings (SSSR count). The maximum Gasteiger partial charge on any atom is 0.244 e. The van der Waals surface area contributed by atoms with Crippen molar-refractivity contribution in [1.82, 2.24) is 5.32 Å². The summed E-state index contributed by atoms with van der Waals surface area (Å²) in [6.07, 6.45) is 3.28. The van der Waals surface area contributed by atoms with Gasteiger partial charge in [0.1, 0.15) is 6.61 Å². The van der Waals surface area contributed by atoms with Crippen molar-refractivity contribution in [2.75, 3.05) is 13.7 Å². The Morgan fingerprint density at radius 2 is 1.96 bits per heavy atom. The second-order valence-corrected chi connectivity index (χ2v) is 7.14. The summed E-state index contributed by atoms with van der Waals surface area (Å²) < 4.78 is 12.1.